The van der Waals surface area contributed by atoms with Crippen LogP contribution in [0.4, 0.5) is 0 Å². The standard InChI is InChI=1S/C14H18N2O.ClH/c15-11-5-7-12(8-6-11)16-9-10-3-1-2-4-13(10)14(16)17;/h1-4,11-12H,5-9,15H2;1H. The van der Waals surface area contributed by atoms with Crippen molar-refractivity contribution in [3.05, 3.63) is 35.4 Å². The van der Waals surface area contributed by atoms with Gasteiger partial charge in [0.05, 0.1) is 0 Å². The third-order valence-corrected chi connectivity index (χ3v) is 4.03. The molecule has 2 N–H and O–H groups in total. The van der Waals surface area contributed by atoms with Crippen LogP contribution in [0.25, 0.3) is 0 Å². The van der Waals surface area contributed by atoms with E-state index in [-0.39, 0.29) is 18.3 Å². The van der Waals surface area contributed by atoms with Gasteiger partial charge in [0.25, 0.3) is 5.91 Å². The molecule has 0 atom stereocenters. The van der Waals surface area contributed by atoms with E-state index in [0.717, 1.165) is 37.8 Å². The second-order valence-electron chi connectivity index (χ2n) is 5.16. The summed E-state index contributed by atoms with van der Waals surface area (Å²) in [4.78, 5) is 14.3. The van der Waals surface area contributed by atoms with E-state index in [0.29, 0.717) is 12.1 Å². The largest absolute Gasteiger partial charge is 0.331 e. The minimum atomic E-state index is 0. The average molecular weight is 267 g/mol. The van der Waals surface area contributed by atoms with Gasteiger partial charge in [0.15, 0.2) is 0 Å². The van der Waals surface area contributed by atoms with Gasteiger partial charge in [-0.15, -0.1) is 12.4 Å². The molecule has 1 aliphatic heterocycles. The first-order chi connectivity index (χ1) is 8.25. The first-order valence-electron chi connectivity index (χ1n) is 6.40. The van der Waals surface area contributed by atoms with Crippen molar-refractivity contribution >= 4 is 18.3 Å². The van der Waals surface area contributed by atoms with E-state index < -0.39 is 0 Å². The average Bonchev–Trinajstić information content (AvgIpc) is 2.69. The van der Waals surface area contributed by atoms with Gasteiger partial charge in [-0.1, -0.05) is 18.2 Å². The number of carbonyl (C=O) groups excluding carboxylic acids is 1. The summed E-state index contributed by atoms with van der Waals surface area (Å²) in [6.45, 7) is 0.787. The van der Waals surface area contributed by atoms with E-state index in [4.69, 9.17) is 5.73 Å². The summed E-state index contributed by atoms with van der Waals surface area (Å²) < 4.78 is 0. The van der Waals surface area contributed by atoms with Gasteiger partial charge >= 0.3 is 0 Å². The normalized spacial score (nSPS) is 26.7. The molecular weight excluding hydrogens is 248 g/mol. The SMILES string of the molecule is Cl.NC1CCC(N2Cc3ccccc3C2=O)CC1. The van der Waals surface area contributed by atoms with Gasteiger partial charge < -0.3 is 10.6 Å². The maximum Gasteiger partial charge on any atom is 0.254 e. The highest BCUT2D eigenvalue weighted by atomic mass is 35.5. The molecule has 1 fully saturated rings. The minimum Gasteiger partial charge on any atom is -0.331 e. The van der Waals surface area contributed by atoms with Gasteiger partial charge in [-0.2, -0.15) is 0 Å². The van der Waals surface area contributed by atoms with Crippen molar-refractivity contribution in [1.29, 1.82) is 0 Å². The molecule has 0 radical (unpaired) electrons. The maximum absolute atomic E-state index is 12.3. The lowest BCUT2D eigenvalue weighted by atomic mass is 9.91. The molecule has 3 nitrogen and oxygen atoms in total. The zero-order valence-corrected chi connectivity index (χ0v) is 11.2. The fourth-order valence-corrected chi connectivity index (χ4v) is 2.99. The van der Waals surface area contributed by atoms with Gasteiger partial charge in [0.1, 0.15) is 0 Å². The van der Waals surface area contributed by atoms with Crippen LogP contribution in [0.1, 0.15) is 41.6 Å². The fraction of sp³-hybridized carbons (Fsp3) is 0.500. The smallest absolute Gasteiger partial charge is 0.254 e. The predicted octanol–water partition coefficient (Wildman–Crippen LogP) is 2.33. The number of hydrogen-bond acceptors (Lipinski definition) is 2. The molecule has 1 aromatic rings. The monoisotopic (exact) mass is 266 g/mol. The van der Waals surface area contributed by atoms with E-state index >= 15 is 0 Å². The number of rotatable bonds is 1. The van der Waals surface area contributed by atoms with E-state index in [9.17, 15) is 4.79 Å². The van der Waals surface area contributed by atoms with E-state index in [1.165, 1.54) is 5.56 Å². The fourth-order valence-electron chi connectivity index (χ4n) is 2.99. The third-order valence-electron chi connectivity index (χ3n) is 4.03. The molecule has 1 heterocycles. The molecule has 98 valence electrons. The van der Waals surface area contributed by atoms with Gasteiger partial charge in [-0.25, -0.2) is 0 Å². The molecule has 1 aliphatic carbocycles. The summed E-state index contributed by atoms with van der Waals surface area (Å²) in [5.41, 5.74) is 7.98. The highest BCUT2D eigenvalue weighted by Gasteiger charge is 2.33. The zero-order chi connectivity index (χ0) is 11.8. The number of halogens is 1. The Labute approximate surface area is 114 Å². The van der Waals surface area contributed by atoms with Crippen molar-refractivity contribution in [1.82, 2.24) is 4.90 Å². The molecule has 0 bridgehead atoms. The molecule has 1 aromatic carbocycles. The number of carbonyl (C=O) groups is 1. The van der Waals surface area contributed by atoms with Crippen molar-refractivity contribution < 1.29 is 4.79 Å². The number of benzene rings is 1. The Hall–Kier alpha value is -1.06. The molecular formula is C14H19ClN2O. The van der Waals surface area contributed by atoms with Gasteiger partial charge in [0.2, 0.25) is 0 Å². The third kappa shape index (κ3) is 2.25. The molecule has 1 saturated carbocycles. The first-order valence-corrected chi connectivity index (χ1v) is 6.40. The second kappa shape index (κ2) is 5.29. The number of nitrogens with two attached hydrogens (primary N) is 1. The number of hydrogen-bond donors (Lipinski definition) is 1. The van der Waals surface area contributed by atoms with Crippen LogP contribution >= 0.6 is 12.4 Å². The lowest BCUT2D eigenvalue weighted by Gasteiger charge is -2.33. The summed E-state index contributed by atoms with van der Waals surface area (Å²) in [7, 11) is 0. The Balaban J connectivity index is 0.00000120. The van der Waals surface area contributed by atoms with Crippen LogP contribution < -0.4 is 5.73 Å². The highest BCUT2D eigenvalue weighted by molar-refractivity contribution is 5.98. The molecule has 1 amide bonds. The summed E-state index contributed by atoms with van der Waals surface area (Å²) >= 11 is 0. The Morgan fingerprint density at radius 1 is 1.11 bits per heavy atom. The Morgan fingerprint density at radius 2 is 1.78 bits per heavy atom. The minimum absolute atomic E-state index is 0. The summed E-state index contributed by atoms with van der Waals surface area (Å²) in [6, 6.07) is 8.68. The van der Waals surface area contributed by atoms with Gasteiger partial charge in [0, 0.05) is 24.2 Å². The molecule has 0 unspecified atom stereocenters. The van der Waals surface area contributed by atoms with Crippen LogP contribution in [0.5, 0.6) is 0 Å². The second-order valence-corrected chi connectivity index (χ2v) is 5.16. The van der Waals surface area contributed by atoms with E-state index in [1.54, 1.807) is 0 Å². The summed E-state index contributed by atoms with van der Waals surface area (Å²) in [6.07, 6.45) is 4.21. The molecule has 0 aromatic heterocycles. The van der Waals surface area contributed by atoms with Crippen LogP contribution in [-0.2, 0) is 6.54 Å². The molecule has 4 heteroatoms. The lowest BCUT2D eigenvalue weighted by molar-refractivity contribution is 0.0652. The number of nitrogens with zero attached hydrogens (tertiary/aromatic N) is 1. The first kappa shape index (κ1) is 13.4. The highest BCUT2D eigenvalue weighted by Crippen LogP contribution is 2.30. The Kier molecular flexibility index (Phi) is 3.93. The van der Waals surface area contributed by atoms with Gasteiger partial charge in [-0.3, -0.25) is 4.79 Å². The molecule has 3 rings (SSSR count). The van der Waals surface area contributed by atoms with E-state index in [2.05, 4.69) is 6.07 Å². The maximum atomic E-state index is 12.3. The predicted molar refractivity (Wildman–Crippen MR) is 73.8 cm³/mol. The van der Waals surface area contributed by atoms with Gasteiger partial charge in [-0.05, 0) is 37.3 Å². The molecule has 2 aliphatic rings. The molecule has 18 heavy (non-hydrogen) atoms. The molecule has 0 saturated heterocycles. The number of amides is 1. The quantitative estimate of drug-likeness (QED) is 0.848. The van der Waals surface area contributed by atoms with Crippen molar-refractivity contribution in [3.63, 3.8) is 0 Å². The van der Waals surface area contributed by atoms with Crippen LogP contribution in [0.3, 0.4) is 0 Å². The van der Waals surface area contributed by atoms with Crippen LogP contribution in [-0.4, -0.2) is 22.9 Å². The number of fused-ring (bicyclic) bond motifs is 1. The topological polar surface area (TPSA) is 46.3 Å². The lowest BCUT2D eigenvalue weighted by Crippen LogP contribution is -2.40. The Bertz CT molecular complexity index is 441. The molecule has 0 spiro atoms. The zero-order valence-electron chi connectivity index (χ0n) is 10.3. The van der Waals surface area contributed by atoms with Crippen LogP contribution in [0.2, 0.25) is 0 Å². The van der Waals surface area contributed by atoms with Crippen molar-refractivity contribution in [2.75, 3.05) is 0 Å². The summed E-state index contributed by atoms with van der Waals surface area (Å²) in [5.74, 6) is 0.209. The van der Waals surface area contributed by atoms with E-state index in [1.807, 2.05) is 23.1 Å². The Morgan fingerprint density at radius 3 is 2.44 bits per heavy atom. The van der Waals surface area contributed by atoms with Crippen LogP contribution in [0, 0.1) is 0 Å². The van der Waals surface area contributed by atoms with Crippen molar-refractivity contribution in [3.8, 4) is 0 Å². The van der Waals surface area contributed by atoms with Crippen molar-refractivity contribution in [2.45, 2.75) is 44.3 Å². The van der Waals surface area contributed by atoms with Crippen LogP contribution in [0.15, 0.2) is 24.3 Å². The summed E-state index contributed by atoms with van der Waals surface area (Å²) in [5, 5.41) is 0. The van der Waals surface area contributed by atoms with Crippen molar-refractivity contribution in [2.24, 2.45) is 5.73 Å².